The third-order valence-electron chi connectivity index (χ3n) is 7.06. The number of benzene rings is 4. The fourth-order valence-electron chi connectivity index (χ4n) is 5.07. The van der Waals surface area contributed by atoms with Gasteiger partial charge in [-0.15, -0.1) is 0 Å². The lowest BCUT2D eigenvalue weighted by molar-refractivity contribution is -0.143. The van der Waals surface area contributed by atoms with Crippen LogP contribution in [-0.4, -0.2) is 18.1 Å². The van der Waals surface area contributed by atoms with Crippen molar-refractivity contribution in [1.29, 1.82) is 5.26 Å². The van der Waals surface area contributed by atoms with Crippen LogP contribution in [-0.2, 0) is 12.4 Å². The molecule has 0 N–H and O–H groups in total. The molecule has 1 atom stereocenters. The van der Waals surface area contributed by atoms with E-state index in [1.165, 1.54) is 6.07 Å². The first-order valence-corrected chi connectivity index (χ1v) is 12.6. The number of halogens is 6. The summed E-state index contributed by atoms with van der Waals surface area (Å²) in [5, 5.41) is 10.6. The Hall–Kier alpha value is -4.59. The third-order valence-corrected chi connectivity index (χ3v) is 7.06. The molecule has 3 aromatic rings. The van der Waals surface area contributed by atoms with Gasteiger partial charge in [-0.25, -0.2) is 4.98 Å². The van der Waals surface area contributed by atoms with Gasteiger partial charge in [0.1, 0.15) is 17.1 Å². The zero-order valence-electron chi connectivity index (χ0n) is 21.7. The largest absolute Gasteiger partial charge is 0.452 e. The van der Waals surface area contributed by atoms with E-state index in [4.69, 9.17) is 4.42 Å². The van der Waals surface area contributed by atoms with Crippen molar-refractivity contribution in [3.63, 3.8) is 0 Å². The topological polar surface area (TPSA) is 70.1 Å². The van der Waals surface area contributed by atoms with E-state index < -0.39 is 46.0 Å². The normalized spacial score (nSPS) is 13.0. The van der Waals surface area contributed by atoms with Crippen LogP contribution in [0.3, 0.4) is 0 Å². The number of aromatic nitrogens is 1. The van der Waals surface area contributed by atoms with Crippen molar-refractivity contribution in [3.05, 3.63) is 93.1 Å². The van der Waals surface area contributed by atoms with Crippen molar-refractivity contribution in [1.82, 2.24) is 4.98 Å². The fourth-order valence-corrected chi connectivity index (χ4v) is 5.07. The van der Waals surface area contributed by atoms with Gasteiger partial charge in [-0.05, 0) is 43.7 Å². The highest BCUT2D eigenvalue weighted by Crippen LogP contribution is 2.43. The highest BCUT2D eigenvalue weighted by atomic mass is 19.4. The summed E-state index contributed by atoms with van der Waals surface area (Å²) in [5.74, 6) is -2.13. The molecule has 0 radical (unpaired) electrons. The van der Waals surface area contributed by atoms with Gasteiger partial charge in [-0.3, -0.25) is 4.79 Å². The van der Waals surface area contributed by atoms with Crippen LogP contribution < -0.4 is 10.3 Å². The highest BCUT2D eigenvalue weighted by Gasteiger charge is 2.41. The lowest BCUT2D eigenvalue weighted by atomic mass is 9.84. The average molecular weight is 570 g/mol. The molecule has 0 aromatic heterocycles. The third kappa shape index (κ3) is 4.84. The molecule has 1 heterocycles. The summed E-state index contributed by atoms with van der Waals surface area (Å²) in [6.45, 7) is 5.26. The molecule has 11 heteroatoms. The Kier molecular flexibility index (Phi) is 6.89. The van der Waals surface area contributed by atoms with E-state index in [0.29, 0.717) is 36.1 Å². The molecule has 0 amide bonds. The minimum absolute atomic E-state index is 0.0471. The van der Waals surface area contributed by atoms with Gasteiger partial charge in [0.2, 0.25) is 0 Å². The summed E-state index contributed by atoms with van der Waals surface area (Å²) in [5.41, 5.74) is -3.68. The second-order valence-corrected chi connectivity index (χ2v) is 9.36. The lowest BCUT2D eigenvalue weighted by Gasteiger charge is -2.22. The molecule has 0 saturated heterocycles. The summed E-state index contributed by atoms with van der Waals surface area (Å²) >= 11 is 0. The molecule has 41 heavy (non-hydrogen) atoms. The first kappa shape index (κ1) is 28.0. The van der Waals surface area contributed by atoms with Gasteiger partial charge in [-0.1, -0.05) is 30.3 Å². The molecule has 0 fully saturated rings. The van der Waals surface area contributed by atoms with E-state index in [-0.39, 0.29) is 28.5 Å². The van der Waals surface area contributed by atoms with E-state index in [2.05, 4.69) is 4.98 Å². The number of anilines is 1. The van der Waals surface area contributed by atoms with Crippen molar-refractivity contribution >= 4 is 27.6 Å². The van der Waals surface area contributed by atoms with Gasteiger partial charge in [0.25, 0.3) is 0 Å². The summed E-state index contributed by atoms with van der Waals surface area (Å²) in [4.78, 5) is 20.5. The number of hydrogen-bond acceptors (Lipinski definition) is 5. The number of nitrogens with zero attached hydrogens (tertiary/aromatic N) is 3. The first-order chi connectivity index (χ1) is 19.4. The summed E-state index contributed by atoms with van der Waals surface area (Å²) in [6.07, 6.45) is -10.3. The van der Waals surface area contributed by atoms with Crippen LogP contribution in [0.4, 0.5) is 32.0 Å². The Labute approximate surface area is 229 Å². The molecule has 1 aliphatic carbocycles. The molecule has 2 aliphatic rings. The molecule has 1 unspecified atom stereocenters. The van der Waals surface area contributed by atoms with Crippen LogP contribution in [0.5, 0.6) is 0 Å². The number of rotatable bonds is 5. The van der Waals surface area contributed by atoms with Gasteiger partial charge < -0.3 is 9.32 Å². The van der Waals surface area contributed by atoms with Crippen molar-refractivity contribution in [2.24, 2.45) is 0 Å². The molecule has 0 spiro atoms. The fraction of sp³-hybridized carbons (Fsp3) is 0.233. The van der Waals surface area contributed by atoms with Crippen molar-refractivity contribution in [2.45, 2.75) is 32.1 Å². The minimum atomic E-state index is -5.25. The van der Waals surface area contributed by atoms with Gasteiger partial charge >= 0.3 is 12.4 Å². The molecule has 1 aliphatic heterocycles. The predicted molar refractivity (Wildman–Crippen MR) is 142 cm³/mol. The van der Waals surface area contributed by atoms with Gasteiger partial charge in [-0.2, -0.15) is 31.6 Å². The average Bonchev–Trinajstić information content (AvgIpc) is 2.94. The number of fused-ring (bicyclic) bond motifs is 4. The molecule has 0 bridgehead atoms. The molecule has 5 nitrogen and oxygen atoms in total. The second kappa shape index (κ2) is 10.1. The molecule has 3 aromatic carbocycles. The number of alkyl halides is 6. The minimum Gasteiger partial charge on any atom is -0.452 e. The Balaban J connectivity index is 1.87. The standard InChI is InChI=1S/C30H21F6N3O2/c1-3-39(4-2)17-10-12-23-24(14-17)41-28-25(27(40)20-8-6-5-7-19(20)26(28)38-23)21(15-37)18-11-9-16(29(31,32)33)13-22(18)30(34,35)36/h5-14,21H,3-4H2,1-2H3. The highest BCUT2D eigenvalue weighted by molar-refractivity contribution is 5.98. The van der Waals surface area contributed by atoms with Gasteiger partial charge in [0.15, 0.2) is 16.8 Å². The summed E-state index contributed by atoms with van der Waals surface area (Å²) < 4.78 is 88.4. The Morgan fingerprint density at radius 1 is 0.927 bits per heavy atom. The maximum atomic E-state index is 14.1. The second-order valence-electron chi connectivity index (χ2n) is 9.36. The monoisotopic (exact) mass is 569 g/mol. The lowest BCUT2D eigenvalue weighted by Crippen LogP contribution is -2.22. The van der Waals surface area contributed by atoms with E-state index in [9.17, 15) is 36.4 Å². The predicted octanol–water partition coefficient (Wildman–Crippen LogP) is 7.99. The molecule has 210 valence electrons. The Morgan fingerprint density at radius 3 is 2.22 bits per heavy atom. The first-order valence-electron chi connectivity index (χ1n) is 12.6. The van der Waals surface area contributed by atoms with Crippen LogP contribution in [0.2, 0.25) is 0 Å². The van der Waals surface area contributed by atoms with E-state index >= 15 is 0 Å². The van der Waals surface area contributed by atoms with Crippen LogP contribution in [0, 0.1) is 11.3 Å². The van der Waals surface area contributed by atoms with E-state index in [0.717, 1.165) is 5.69 Å². The molecule has 5 rings (SSSR count). The zero-order valence-corrected chi connectivity index (χ0v) is 21.7. The van der Waals surface area contributed by atoms with Crippen molar-refractivity contribution < 1.29 is 30.8 Å². The maximum Gasteiger partial charge on any atom is 0.416 e. The summed E-state index contributed by atoms with van der Waals surface area (Å²) in [7, 11) is 0. The van der Waals surface area contributed by atoms with Crippen LogP contribution >= 0.6 is 0 Å². The van der Waals surface area contributed by atoms with E-state index in [1.54, 1.807) is 36.4 Å². The summed E-state index contributed by atoms with van der Waals surface area (Å²) in [6, 6.07) is 14.2. The Bertz CT molecular complexity index is 1850. The van der Waals surface area contributed by atoms with Crippen LogP contribution in [0.1, 0.15) is 42.0 Å². The maximum absolute atomic E-state index is 14.1. The van der Waals surface area contributed by atoms with Gasteiger partial charge in [0.05, 0.1) is 22.8 Å². The number of hydrogen-bond donors (Lipinski definition) is 0. The molecular weight excluding hydrogens is 548 g/mol. The molecular formula is C30H21F6N3O2. The van der Waals surface area contributed by atoms with Gasteiger partial charge in [0, 0.05) is 35.6 Å². The zero-order chi connectivity index (χ0) is 29.7. The number of nitriles is 1. The van der Waals surface area contributed by atoms with Crippen LogP contribution in [0.25, 0.3) is 33.3 Å². The smallest absolute Gasteiger partial charge is 0.416 e. The van der Waals surface area contributed by atoms with Crippen LogP contribution in [0.15, 0.2) is 69.9 Å². The SMILES string of the molecule is CCN(CC)c1ccc2nc3c4ccccc4c(=O)c(C(C#N)c4ccc(C(F)(F)F)cc4C(F)(F)F)c-3oc2c1. The van der Waals surface area contributed by atoms with E-state index in [1.807, 2.05) is 24.8 Å². The van der Waals surface area contributed by atoms with Crippen molar-refractivity contribution in [3.8, 4) is 17.5 Å². The van der Waals surface area contributed by atoms with Crippen molar-refractivity contribution in [2.75, 3.05) is 18.0 Å². The molecule has 0 saturated carbocycles. The Morgan fingerprint density at radius 2 is 1.61 bits per heavy atom. The quantitative estimate of drug-likeness (QED) is 0.122.